The van der Waals surface area contributed by atoms with Gasteiger partial charge in [-0.05, 0) is 23.3 Å². The number of Topliss-reactive ketones (excluding diaryl/α,β-unsaturated/α-hetero) is 1. The van der Waals surface area contributed by atoms with Crippen molar-refractivity contribution in [2.24, 2.45) is 17.8 Å². The minimum atomic E-state index is -1.27. The molecule has 1 saturated carbocycles. The third-order valence-corrected chi connectivity index (χ3v) is 5.75. The summed E-state index contributed by atoms with van der Waals surface area (Å²) < 4.78 is 20.2. The first kappa shape index (κ1) is 21.6. The van der Waals surface area contributed by atoms with E-state index in [1.54, 1.807) is 24.3 Å². The quantitative estimate of drug-likeness (QED) is 0.548. The average Bonchev–Trinajstić information content (AvgIpc) is 2.78. The van der Waals surface area contributed by atoms with Crippen LogP contribution in [-0.4, -0.2) is 57.4 Å². The van der Waals surface area contributed by atoms with Crippen LogP contribution in [0.2, 0.25) is 0 Å². The fourth-order valence-corrected chi connectivity index (χ4v) is 4.39. The van der Waals surface area contributed by atoms with Gasteiger partial charge < -0.3 is 24.1 Å². The van der Waals surface area contributed by atoms with Gasteiger partial charge in [0.15, 0.2) is 17.3 Å². The molecule has 1 fully saturated rings. The van der Waals surface area contributed by atoms with E-state index in [0.717, 1.165) is 0 Å². The van der Waals surface area contributed by atoms with Crippen LogP contribution in [0.1, 0.15) is 11.5 Å². The molecule has 0 heterocycles. The van der Waals surface area contributed by atoms with Crippen molar-refractivity contribution < 1.29 is 38.4 Å². The maximum absolute atomic E-state index is 12.8. The minimum absolute atomic E-state index is 0.468. The Kier molecular flexibility index (Phi) is 6.26. The number of hydrogen-bond donors (Lipinski definition) is 1. The molecule has 1 aromatic carbocycles. The van der Waals surface area contributed by atoms with Crippen LogP contribution in [0, 0.1) is 17.8 Å². The molecule has 3 aliphatic rings. The Labute approximate surface area is 174 Å². The molecule has 4 unspecified atom stereocenters. The second kappa shape index (κ2) is 8.71. The molecule has 4 rings (SSSR count). The average molecular weight is 416 g/mol. The molecule has 3 aliphatic carbocycles. The number of aliphatic hydroxyl groups excluding tert-OH is 1. The van der Waals surface area contributed by atoms with Crippen LogP contribution in [0.4, 0.5) is 0 Å². The van der Waals surface area contributed by atoms with Crippen LogP contribution < -0.4 is 9.47 Å². The van der Waals surface area contributed by atoms with Crippen molar-refractivity contribution in [3.05, 3.63) is 47.6 Å². The lowest BCUT2D eigenvalue weighted by Crippen LogP contribution is -2.54. The highest BCUT2D eigenvalue weighted by atomic mass is 16.5. The number of esters is 2. The first-order chi connectivity index (χ1) is 14.4. The van der Waals surface area contributed by atoms with Crippen molar-refractivity contribution in [2.75, 3.05) is 28.4 Å². The lowest BCUT2D eigenvalue weighted by atomic mass is 9.56. The maximum atomic E-state index is 12.8. The van der Waals surface area contributed by atoms with Crippen LogP contribution in [0.25, 0.3) is 0 Å². The molecule has 30 heavy (non-hydrogen) atoms. The van der Waals surface area contributed by atoms with E-state index < -0.39 is 47.5 Å². The zero-order valence-electron chi connectivity index (χ0n) is 17.2. The van der Waals surface area contributed by atoms with Crippen LogP contribution in [-0.2, 0) is 23.9 Å². The Morgan fingerprint density at radius 3 is 2.33 bits per heavy atom. The number of ether oxygens (including phenoxy) is 4. The lowest BCUT2D eigenvalue weighted by Gasteiger charge is -2.47. The van der Waals surface area contributed by atoms with Crippen molar-refractivity contribution in [3.63, 3.8) is 0 Å². The van der Waals surface area contributed by atoms with Crippen LogP contribution >= 0.6 is 0 Å². The SMILES string of the molecule is COC(=O)/C=C/C1=CC2C(c3ccc(OC)c(OC)c3)C(C(=O)OC)C1C(=O)[C@@H]2O. The number of benzene rings is 1. The Bertz CT molecular complexity index is 916. The van der Waals surface area contributed by atoms with Gasteiger partial charge in [0.1, 0.15) is 6.10 Å². The molecular formula is C22H24O8. The number of aliphatic hydroxyl groups is 1. The third-order valence-electron chi connectivity index (χ3n) is 5.75. The summed E-state index contributed by atoms with van der Waals surface area (Å²) >= 11 is 0. The summed E-state index contributed by atoms with van der Waals surface area (Å²) in [5.41, 5.74) is 1.18. The minimum Gasteiger partial charge on any atom is -0.493 e. The largest absolute Gasteiger partial charge is 0.493 e. The Balaban J connectivity index is 2.13. The lowest BCUT2D eigenvalue weighted by molar-refractivity contribution is -0.158. The number of allylic oxidation sites excluding steroid dienone is 2. The third kappa shape index (κ3) is 3.59. The molecule has 1 aromatic rings. The number of ketones is 1. The summed E-state index contributed by atoms with van der Waals surface area (Å²) in [6, 6.07) is 5.22. The van der Waals surface area contributed by atoms with E-state index in [9.17, 15) is 19.5 Å². The van der Waals surface area contributed by atoms with Gasteiger partial charge in [0, 0.05) is 17.9 Å². The number of methoxy groups -OCH3 is 4. The smallest absolute Gasteiger partial charge is 0.330 e. The molecule has 0 saturated heterocycles. The summed E-state index contributed by atoms with van der Waals surface area (Å²) in [5, 5.41) is 10.6. The highest BCUT2D eigenvalue weighted by Crippen LogP contribution is 2.52. The monoisotopic (exact) mass is 416 g/mol. The molecule has 5 atom stereocenters. The van der Waals surface area contributed by atoms with E-state index in [1.165, 1.54) is 40.6 Å². The predicted molar refractivity (Wildman–Crippen MR) is 105 cm³/mol. The fraction of sp³-hybridized carbons (Fsp3) is 0.409. The van der Waals surface area contributed by atoms with E-state index >= 15 is 0 Å². The van der Waals surface area contributed by atoms with Crippen LogP contribution in [0.15, 0.2) is 42.0 Å². The van der Waals surface area contributed by atoms with Gasteiger partial charge in [0.2, 0.25) is 0 Å². The summed E-state index contributed by atoms with van der Waals surface area (Å²) in [6.45, 7) is 0. The summed E-state index contributed by atoms with van der Waals surface area (Å²) in [5.74, 6) is -3.65. The molecule has 2 bridgehead atoms. The summed E-state index contributed by atoms with van der Waals surface area (Å²) in [7, 11) is 5.51. The number of carbonyl (C=O) groups is 3. The molecule has 160 valence electrons. The number of hydrogen-bond acceptors (Lipinski definition) is 8. The molecule has 0 amide bonds. The summed E-state index contributed by atoms with van der Waals surface area (Å²) in [4.78, 5) is 37.1. The first-order valence-corrected chi connectivity index (χ1v) is 9.37. The Morgan fingerprint density at radius 2 is 1.73 bits per heavy atom. The number of rotatable bonds is 6. The zero-order valence-corrected chi connectivity index (χ0v) is 17.2. The predicted octanol–water partition coefficient (Wildman–Crippen LogP) is 1.42. The van der Waals surface area contributed by atoms with Gasteiger partial charge in [0.25, 0.3) is 0 Å². The van der Waals surface area contributed by atoms with Gasteiger partial charge in [-0.1, -0.05) is 18.2 Å². The second-order valence-electron chi connectivity index (χ2n) is 7.11. The van der Waals surface area contributed by atoms with Gasteiger partial charge in [-0.25, -0.2) is 4.79 Å². The topological polar surface area (TPSA) is 108 Å². The molecule has 8 nitrogen and oxygen atoms in total. The molecular weight excluding hydrogens is 392 g/mol. The van der Waals surface area contributed by atoms with E-state index in [-0.39, 0.29) is 0 Å². The standard InChI is InChI=1S/C22H24O8/c1-27-14-7-5-12(10-15(14)28-2)17-13-9-11(6-8-16(23)29-3)18(21(25)20(13)24)19(17)22(26)30-4/h5-10,13,17-20,24H,1-4H3/b8-6+/t13?,17?,18?,19?,20-/m1/s1. The van der Waals surface area contributed by atoms with E-state index in [0.29, 0.717) is 22.6 Å². The normalized spacial score (nSPS) is 27.6. The van der Waals surface area contributed by atoms with Gasteiger partial charge in [-0.3, -0.25) is 9.59 Å². The molecule has 8 heteroatoms. The van der Waals surface area contributed by atoms with Gasteiger partial charge >= 0.3 is 11.9 Å². The van der Waals surface area contributed by atoms with E-state index in [4.69, 9.17) is 14.2 Å². The highest BCUT2D eigenvalue weighted by Gasteiger charge is 2.56. The number of fused-ring (bicyclic) bond motifs is 2. The second-order valence-corrected chi connectivity index (χ2v) is 7.11. The van der Waals surface area contributed by atoms with E-state index in [1.807, 2.05) is 0 Å². The van der Waals surface area contributed by atoms with Crippen molar-refractivity contribution >= 4 is 17.7 Å². The van der Waals surface area contributed by atoms with Gasteiger partial charge in [0.05, 0.1) is 40.3 Å². The molecule has 0 radical (unpaired) electrons. The highest BCUT2D eigenvalue weighted by molar-refractivity contribution is 5.97. The molecule has 0 aromatic heterocycles. The van der Waals surface area contributed by atoms with Crippen molar-refractivity contribution in [1.29, 1.82) is 0 Å². The number of carbonyl (C=O) groups excluding carboxylic acids is 3. The fourth-order valence-electron chi connectivity index (χ4n) is 4.39. The van der Waals surface area contributed by atoms with Crippen molar-refractivity contribution in [3.8, 4) is 11.5 Å². The van der Waals surface area contributed by atoms with E-state index in [2.05, 4.69) is 4.74 Å². The van der Waals surface area contributed by atoms with Crippen molar-refractivity contribution in [1.82, 2.24) is 0 Å². The maximum Gasteiger partial charge on any atom is 0.330 e. The zero-order chi connectivity index (χ0) is 22.0. The Morgan fingerprint density at radius 1 is 1.03 bits per heavy atom. The Hall–Kier alpha value is -3.13. The van der Waals surface area contributed by atoms with Crippen LogP contribution in [0.5, 0.6) is 11.5 Å². The van der Waals surface area contributed by atoms with Crippen molar-refractivity contribution in [2.45, 2.75) is 12.0 Å². The van der Waals surface area contributed by atoms with Crippen LogP contribution in [0.3, 0.4) is 0 Å². The van der Waals surface area contributed by atoms with Gasteiger partial charge in [-0.15, -0.1) is 0 Å². The molecule has 0 spiro atoms. The van der Waals surface area contributed by atoms with Gasteiger partial charge in [-0.2, -0.15) is 0 Å². The first-order valence-electron chi connectivity index (χ1n) is 9.37. The molecule has 0 aliphatic heterocycles. The molecule has 1 N–H and O–H groups in total. The summed E-state index contributed by atoms with van der Waals surface area (Å²) in [6.07, 6.45) is 3.10.